The molecule has 0 bridgehead atoms. The minimum absolute atomic E-state index is 0.0531. The van der Waals surface area contributed by atoms with Gasteiger partial charge in [-0.1, -0.05) is 38.1 Å². The van der Waals surface area contributed by atoms with Crippen LogP contribution in [0.4, 0.5) is 0 Å². The van der Waals surface area contributed by atoms with Gasteiger partial charge in [0.25, 0.3) is 0 Å². The van der Waals surface area contributed by atoms with Crippen molar-refractivity contribution in [1.82, 2.24) is 4.90 Å². The summed E-state index contributed by atoms with van der Waals surface area (Å²) in [5, 5.41) is 9.29. The van der Waals surface area contributed by atoms with Crippen LogP contribution in [0.25, 0.3) is 0 Å². The lowest BCUT2D eigenvalue weighted by Crippen LogP contribution is -2.47. The van der Waals surface area contributed by atoms with Crippen molar-refractivity contribution in [3.8, 4) is 0 Å². The van der Waals surface area contributed by atoms with Crippen LogP contribution in [0.5, 0.6) is 0 Å². The van der Waals surface area contributed by atoms with Gasteiger partial charge < -0.3 is 10.0 Å². The molecule has 1 aromatic rings. The number of carboxylic acids is 1. The second-order valence-corrected chi connectivity index (χ2v) is 6.88. The highest BCUT2D eigenvalue weighted by Crippen LogP contribution is 2.34. The predicted molar refractivity (Wildman–Crippen MR) is 84.2 cm³/mol. The molecule has 1 heterocycles. The Bertz CT molecular complexity index is 544. The largest absolute Gasteiger partial charge is 0.480 e. The lowest BCUT2D eigenvalue weighted by molar-refractivity contribution is -0.149. The summed E-state index contributed by atoms with van der Waals surface area (Å²) in [4.78, 5) is 25.6. The predicted octanol–water partition coefficient (Wildman–Crippen LogP) is 2.55. The Morgan fingerprint density at radius 1 is 1.38 bits per heavy atom. The summed E-state index contributed by atoms with van der Waals surface area (Å²) in [6, 6.07) is 7.03. The first-order valence-corrected chi connectivity index (χ1v) is 8.16. The number of aliphatic carboxylic acids is 1. The highest BCUT2D eigenvalue weighted by molar-refractivity contribution is 8.00. The van der Waals surface area contributed by atoms with Gasteiger partial charge in [0.2, 0.25) is 5.91 Å². The summed E-state index contributed by atoms with van der Waals surface area (Å²) in [6.45, 7) is 6.02. The Kier molecular flexibility index (Phi) is 4.93. The molecule has 1 aliphatic rings. The molecule has 0 aliphatic carbocycles. The Balaban J connectivity index is 2.21. The zero-order chi connectivity index (χ0) is 15.6. The standard InChI is InChI=1S/C16H21NO3S/c1-10(2)15-17(13(9-21-15)16(19)20)14(18)8-12-7-5-4-6-11(12)3/h4-7,10,13,15H,8-9H2,1-3H3,(H,19,20). The van der Waals surface area contributed by atoms with E-state index in [1.807, 2.05) is 45.0 Å². The number of nitrogens with zero attached hydrogens (tertiary/aromatic N) is 1. The van der Waals surface area contributed by atoms with E-state index >= 15 is 0 Å². The fourth-order valence-electron chi connectivity index (χ4n) is 2.61. The molecule has 4 nitrogen and oxygen atoms in total. The van der Waals surface area contributed by atoms with Crippen LogP contribution < -0.4 is 0 Å². The van der Waals surface area contributed by atoms with Crippen LogP contribution >= 0.6 is 11.8 Å². The molecule has 1 amide bonds. The van der Waals surface area contributed by atoms with Gasteiger partial charge in [0.15, 0.2) is 0 Å². The molecular weight excluding hydrogens is 286 g/mol. The van der Waals surface area contributed by atoms with E-state index in [-0.39, 0.29) is 23.6 Å². The van der Waals surface area contributed by atoms with Gasteiger partial charge in [-0.2, -0.15) is 0 Å². The maximum atomic E-state index is 12.6. The smallest absolute Gasteiger partial charge is 0.327 e. The molecular formula is C16H21NO3S. The third-order valence-electron chi connectivity index (χ3n) is 3.78. The SMILES string of the molecule is Cc1ccccc1CC(=O)N1C(C(=O)O)CSC1C(C)C. The number of amides is 1. The average molecular weight is 307 g/mol. The quantitative estimate of drug-likeness (QED) is 0.929. The van der Waals surface area contributed by atoms with Gasteiger partial charge in [-0.05, 0) is 24.0 Å². The third kappa shape index (κ3) is 3.40. The molecule has 2 unspecified atom stereocenters. The van der Waals surface area contributed by atoms with Crippen LogP contribution in [0, 0.1) is 12.8 Å². The number of carbonyl (C=O) groups excluding carboxylic acids is 1. The van der Waals surface area contributed by atoms with Gasteiger partial charge in [-0.15, -0.1) is 11.8 Å². The van der Waals surface area contributed by atoms with Crippen molar-refractivity contribution in [3.63, 3.8) is 0 Å². The molecule has 1 aliphatic heterocycles. The van der Waals surface area contributed by atoms with Crippen LogP contribution in [0.2, 0.25) is 0 Å². The number of hydrogen-bond acceptors (Lipinski definition) is 3. The average Bonchev–Trinajstić information content (AvgIpc) is 2.86. The molecule has 2 rings (SSSR count). The maximum Gasteiger partial charge on any atom is 0.327 e. The number of hydrogen-bond donors (Lipinski definition) is 1. The molecule has 1 N–H and O–H groups in total. The number of aryl methyl sites for hydroxylation is 1. The molecule has 2 atom stereocenters. The summed E-state index contributed by atoms with van der Waals surface area (Å²) in [5.74, 6) is -0.304. The van der Waals surface area contributed by atoms with Crippen molar-refractivity contribution >= 4 is 23.6 Å². The molecule has 1 fully saturated rings. The zero-order valence-corrected chi connectivity index (χ0v) is 13.4. The van der Waals surface area contributed by atoms with Gasteiger partial charge >= 0.3 is 5.97 Å². The topological polar surface area (TPSA) is 57.6 Å². The molecule has 0 aromatic heterocycles. The number of rotatable bonds is 4. The van der Waals surface area contributed by atoms with Crippen molar-refractivity contribution in [2.75, 3.05) is 5.75 Å². The van der Waals surface area contributed by atoms with Gasteiger partial charge in [0, 0.05) is 5.75 Å². The molecule has 0 radical (unpaired) electrons. The van der Waals surface area contributed by atoms with Crippen molar-refractivity contribution in [2.45, 2.75) is 38.6 Å². The third-order valence-corrected chi connectivity index (χ3v) is 5.40. The minimum Gasteiger partial charge on any atom is -0.480 e. The van der Waals surface area contributed by atoms with Crippen molar-refractivity contribution in [1.29, 1.82) is 0 Å². The van der Waals surface area contributed by atoms with E-state index in [0.29, 0.717) is 5.75 Å². The van der Waals surface area contributed by atoms with E-state index < -0.39 is 12.0 Å². The van der Waals surface area contributed by atoms with Gasteiger partial charge in [0.1, 0.15) is 6.04 Å². The van der Waals surface area contributed by atoms with Crippen molar-refractivity contribution in [2.24, 2.45) is 5.92 Å². The summed E-state index contributed by atoms with van der Waals surface area (Å²) < 4.78 is 0. The Hall–Kier alpha value is -1.49. The maximum absolute atomic E-state index is 12.6. The van der Waals surface area contributed by atoms with Crippen LogP contribution in [-0.2, 0) is 16.0 Å². The fraction of sp³-hybridized carbons (Fsp3) is 0.500. The Morgan fingerprint density at radius 2 is 2.05 bits per heavy atom. The normalized spacial score (nSPS) is 21.8. The van der Waals surface area contributed by atoms with Crippen LogP contribution in [-0.4, -0.2) is 39.1 Å². The van der Waals surface area contributed by atoms with Gasteiger partial charge in [-0.3, -0.25) is 4.79 Å². The highest BCUT2D eigenvalue weighted by atomic mass is 32.2. The summed E-state index contributed by atoms with van der Waals surface area (Å²) in [6.07, 6.45) is 0.264. The van der Waals surface area contributed by atoms with E-state index in [0.717, 1.165) is 11.1 Å². The molecule has 114 valence electrons. The fourth-order valence-corrected chi connectivity index (χ4v) is 4.10. The summed E-state index contributed by atoms with van der Waals surface area (Å²) in [7, 11) is 0. The second-order valence-electron chi connectivity index (χ2n) is 5.73. The lowest BCUT2D eigenvalue weighted by atomic mass is 10.0. The van der Waals surface area contributed by atoms with E-state index in [1.54, 1.807) is 16.7 Å². The molecule has 5 heteroatoms. The zero-order valence-electron chi connectivity index (χ0n) is 12.6. The van der Waals surface area contributed by atoms with Gasteiger partial charge in [-0.25, -0.2) is 4.79 Å². The molecule has 0 spiro atoms. The molecule has 21 heavy (non-hydrogen) atoms. The van der Waals surface area contributed by atoms with Crippen LogP contribution in [0.3, 0.4) is 0 Å². The Morgan fingerprint density at radius 3 is 2.62 bits per heavy atom. The van der Waals surface area contributed by atoms with E-state index in [4.69, 9.17) is 0 Å². The molecule has 1 saturated heterocycles. The first-order valence-electron chi connectivity index (χ1n) is 7.12. The summed E-state index contributed by atoms with van der Waals surface area (Å²) in [5.41, 5.74) is 2.02. The monoisotopic (exact) mass is 307 g/mol. The van der Waals surface area contributed by atoms with Crippen LogP contribution in [0.15, 0.2) is 24.3 Å². The van der Waals surface area contributed by atoms with E-state index in [1.165, 1.54) is 0 Å². The number of thioether (sulfide) groups is 1. The highest BCUT2D eigenvalue weighted by Gasteiger charge is 2.42. The lowest BCUT2D eigenvalue weighted by Gasteiger charge is -2.30. The minimum atomic E-state index is -0.913. The first kappa shape index (κ1) is 15.9. The van der Waals surface area contributed by atoms with E-state index in [2.05, 4.69) is 0 Å². The number of carbonyl (C=O) groups is 2. The Labute approximate surface area is 129 Å². The number of benzene rings is 1. The first-order chi connectivity index (χ1) is 9.91. The van der Waals surface area contributed by atoms with Crippen molar-refractivity contribution < 1.29 is 14.7 Å². The second kappa shape index (κ2) is 6.52. The number of carboxylic acid groups (broad SMARTS) is 1. The molecule has 0 saturated carbocycles. The van der Waals surface area contributed by atoms with Gasteiger partial charge in [0.05, 0.1) is 11.8 Å². The molecule has 1 aromatic carbocycles. The van der Waals surface area contributed by atoms with E-state index in [9.17, 15) is 14.7 Å². The summed E-state index contributed by atoms with van der Waals surface area (Å²) >= 11 is 1.56. The van der Waals surface area contributed by atoms with Crippen molar-refractivity contribution in [3.05, 3.63) is 35.4 Å². The van der Waals surface area contributed by atoms with Crippen LogP contribution in [0.1, 0.15) is 25.0 Å².